The average molecular weight is 521 g/mol. The summed E-state index contributed by atoms with van der Waals surface area (Å²) in [6, 6.07) is 17.8. The lowest BCUT2D eigenvalue weighted by Crippen LogP contribution is -2.30. The summed E-state index contributed by atoms with van der Waals surface area (Å²) in [6.07, 6.45) is 4.71. The molecule has 0 radical (unpaired) electrons. The van der Waals surface area contributed by atoms with Gasteiger partial charge in [0.05, 0.1) is 18.5 Å². The number of anilines is 1. The monoisotopic (exact) mass is 521 g/mol. The summed E-state index contributed by atoms with van der Waals surface area (Å²) in [5.74, 6) is 1.49. The van der Waals surface area contributed by atoms with Gasteiger partial charge < -0.3 is 20.1 Å². The van der Waals surface area contributed by atoms with Gasteiger partial charge in [-0.15, -0.1) is 24.0 Å². The van der Waals surface area contributed by atoms with E-state index in [0.717, 1.165) is 29.1 Å². The second kappa shape index (κ2) is 12.9. The molecule has 0 atom stereocenters. The summed E-state index contributed by atoms with van der Waals surface area (Å²) in [5, 5.41) is 11.0. The van der Waals surface area contributed by atoms with Gasteiger partial charge in [0.2, 0.25) is 0 Å². The predicted octanol–water partition coefficient (Wildman–Crippen LogP) is 4.09. The molecular formula is C22H28IN5O2. The molecule has 0 aliphatic heterocycles. The molecule has 1 aromatic heterocycles. The molecule has 3 rings (SSSR count). The number of aromatic nitrogens is 2. The summed E-state index contributed by atoms with van der Waals surface area (Å²) >= 11 is 0. The van der Waals surface area contributed by atoms with E-state index in [1.807, 2.05) is 71.7 Å². The van der Waals surface area contributed by atoms with Crippen molar-refractivity contribution in [2.45, 2.75) is 13.0 Å². The summed E-state index contributed by atoms with van der Waals surface area (Å²) < 4.78 is 12.6. The van der Waals surface area contributed by atoms with Crippen LogP contribution in [0.1, 0.15) is 12.0 Å². The Bertz CT molecular complexity index is 915. The maximum Gasteiger partial charge on any atom is 0.195 e. The lowest BCUT2D eigenvalue weighted by atomic mass is 10.3. The number of halogens is 1. The second-order valence-electron chi connectivity index (χ2n) is 6.40. The normalized spacial score (nSPS) is 10.9. The smallest absolute Gasteiger partial charge is 0.195 e. The van der Waals surface area contributed by atoms with Crippen molar-refractivity contribution >= 4 is 35.6 Å². The van der Waals surface area contributed by atoms with Crippen LogP contribution in [0.25, 0.3) is 5.69 Å². The highest BCUT2D eigenvalue weighted by Crippen LogP contribution is 2.17. The van der Waals surface area contributed by atoms with Crippen molar-refractivity contribution < 1.29 is 9.47 Å². The minimum absolute atomic E-state index is 0. The Morgan fingerprint density at radius 3 is 2.70 bits per heavy atom. The molecule has 30 heavy (non-hydrogen) atoms. The van der Waals surface area contributed by atoms with E-state index in [-0.39, 0.29) is 24.0 Å². The van der Waals surface area contributed by atoms with E-state index in [4.69, 9.17) is 9.47 Å². The third kappa shape index (κ3) is 7.34. The predicted molar refractivity (Wildman–Crippen MR) is 131 cm³/mol. The maximum atomic E-state index is 5.75. The van der Waals surface area contributed by atoms with Crippen LogP contribution in [-0.2, 0) is 11.3 Å². The molecular weight excluding hydrogens is 493 g/mol. The molecule has 3 aromatic rings. The molecule has 2 N–H and O–H groups in total. The Balaban J connectivity index is 0.00000320. The number of hydrogen-bond acceptors (Lipinski definition) is 4. The Morgan fingerprint density at radius 1 is 1.10 bits per heavy atom. The Morgan fingerprint density at radius 2 is 1.93 bits per heavy atom. The van der Waals surface area contributed by atoms with Crippen LogP contribution >= 0.6 is 24.0 Å². The van der Waals surface area contributed by atoms with Gasteiger partial charge in [-0.2, -0.15) is 5.10 Å². The fourth-order valence-corrected chi connectivity index (χ4v) is 2.73. The molecule has 0 aliphatic rings. The quantitative estimate of drug-likeness (QED) is 0.192. The topological polar surface area (TPSA) is 72.7 Å². The first-order valence-electron chi connectivity index (χ1n) is 9.57. The number of benzene rings is 2. The average Bonchev–Trinajstić information content (AvgIpc) is 3.24. The number of methoxy groups -OCH3 is 1. The van der Waals surface area contributed by atoms with Crippen LogP contribution in [-0.4, -0.2) is 43.1 Å². The lowest BCUT2D eigenvalue weighted by molar-refractivity contribution is 0.172. The Hall–Kier alpha value is -2.59. The van der Waals surface area contributed by atoms with Crippen molar-refractivity contribution in [2.24, 2.45) is 4.99 Å². The van der Waals surface area contributed by atoms with Gasteiger partial charge in [-0.3, -0.25) is 4.99 Å². The van der Waals surface area contributed by atoms with Gasteiger partial charge in [0.15, 0.2) is 5.96 Å². The van der Waals surface area contributed by atoms with E-state index >= 15 is 0 Å². The number of hydrogen-bond donors (Lipinski definition) is 2. The number of nitrogens with one attached hydrogen (secondary N) is 2. The Kier molecular flexibility index (Phi) is 10.2. The first-order valence-corrected chi connectivity index (χ1v) is 9.57. The number of nitrogens with zero attached hydrogens (tertiary/aromatic N) is 3. The zero-order valence-corrected chi connectivity index (χ0v) is 19.6. The van der Waals surface area contributed by atoms with Crippen molar-refractivity contribution in [1.29, 1.82) is 0 Å². The molecule has 0 unspecified atom stereocenters. The van der Waals surface area contributed by atoms with E-state index in [9.17, 15) is 0 Å². The SMILES string of the molecule is CN=C(NCc1cnn(-c2ccccc2)c1)Nc1cccc(OCCCOC)c1.I. The minimum Gasteiger partial charge on any atom is -0.493 e. The molecule has 8 heteroatoms. The standard InChI is InChI=1S/C22H27N5O2.HI/c1-23-22(26-19-8-6-11-21(14-19)29-13-7-12-28-2)24-15-18-16-25-27(17-18)20-9-4-3-5-10-20;/h3-6,8-11,14,16-17H,7,12-13,15H2,1-2H3,(H2,23,24,26);1H. The molecule has 2 aromatic carbocycles. The minimum atomic E-state index is 0. The highest BCUT2D eigenvalue weighted by Gasteiger charge is 2.04. The van der Waals surface area contributed by atoms with Gasteiger partial charge in [0, 0.05) is 57.2 Å². The van der Waals surface area contributed by atoms with Crippen LogP contribution in [0.2, 0.25) is 0 Å². The molecule has 160 valence electrons. The molecule has 1 heterocycles. The van der Waals surface area contributed by atoms with E-state index in [0.29, 0.717) is 25.7 Å². The molecule has 7 nitrogen and oxygen atoms in total. The largest absolute Gasteiger partial charge is 0.493 e. The van der Waals surface area contributed by atoms with E-state index in [2.05, 4.69) is 20.7 Å². The van der Waals surface area contributed by atoms with Crippen molar-refractivity contribution in [3.63, 3.8) is 0 Å². The molecule has 0 fully saturated rings. The fourth-order valence-electron chi connectivity index (χ4n) is 2.73. The number of guanidine groups is 1. The molecule has 0 saturated carbocycles. The van der Waals surface area contributed by atoms with Gasteiger partial charge in [-0.25, -0.2) is 4.68 Å². The highest BCUT2D eigenvalue weighted by atomic mass is 127. The third-order valence-electron chi connectivity index (χ3n) is 4.20. The van der Waals surface area contributed by atoms with Crippen molar-refractivity contribution in [1.82, 2.24) is 15.1 Å². The van der Waals surface area contributed by atoms with Crippen LogP contribution in [0.15, 0.2) is 72.0 Å². The summed E-state index contributed by atoms with van der Waals surface area (Å²) in [6.45, 7) is 1.92. The van der Waals surface area contributed by atoms with Gasteiger partial charge >= 0.3 is 0 Å². The Labute approximate surface area is 194 Å². The summed E-state index contributed by atoms with van der Waals surface area (Å²) in [4.78, 5) is 4.29. The molecule has 0 bridgehead atoms. The van der Waals surface area contributed by atoms with Crippen molar-refractivity contribution in [3.05, 3.63) is 72.6 Å². The van der Waals surface area contributed by atoms with Gasteiger partial charge in [0.1, 0.15) is 5.75 Å². The number of ether oxygens (including phenoxy) is 2. The first kappa shape index (κ1) is 23.7. The lowest BCUT2D eigenvalue weighted by Gasteiger charge is -2.12. The van der Waals surface area contributed by atoms with Crippen LogP contribution < -0.4 is 15.4 Å². The highest BCUT2D eigenvalue weighted by molar-refractivity contribution is 14.0. The van der Waals surface area contributed by atoms with E-state index in [1.165, 1.54) is 0 Å². The van der Waals surface area contributed by atoms with Gasteiger partial charge in [0.25, 0.3) is 0 Å². The summed E-state index contributed by atoms with van der Waals surface area (Å²) in [5.41, 5.74) is 3.00. The third-order valence-corrected chi connectivity index (χ3v) is 4.20. The van der Waals surface area contributed by atoms with Crippen LogP contribution in [0.5, 0.6) is 5.75 Å². The van der Waals surface area contributed by atoms with Crippen LogP contribution in [0, 0.1) is 0 Å². The zero-order chi connectivity index (χ0) is 20.3. The summed E-state index contributed by atoms with van der Waals surface area (Å²) in [7, 11) is 3.43. The van der Waals surface area contributed by atoms with E-state index in [1.54, 1.807) is 14.2 Å². The van der Waals surface area contributed by atoms with Crippen LogP contribution in [0.4, 0.5) is 5.69 Å². The van der Waals surface area contributed by atoms with Gasteiger partial charge in [-0.05, 0) is 24.3 Å². The molecule has 0 amide bonds. The van der Waals surface area contributed by atoms with Crippen molar-refractivity contribution in [2.75, 3.05) is 32.7 Å². The number of para-hydroxylation sites is 1. The van der Waals surface area contributed by atoms with Gasteiger partial charge in [-0.1, -0.05) is 24.3 Å². The number of rotatable bonds is 9. The van der Waals surface area contributed by atoms with E-state index < -0.39 is 0 Å². The maximum absolute atomic E-state index is 5.75. The zero-order valence-electron chi connectivity index (χ0n) is 17.2. The van der Waals surface area contributed by atoms with Crippen molar-refractivity contribution in [3.8, 4) is 11.4 Å². The molecule has 0 aliphatic carbocycles. The first-order chi connectivity index (χ1) is 14.3. The van der Waals surface area contributed by atoms with Crippen LogP contribution in [0.3, 0.4) is 0 Å². The molecule has 0 saturated heterocycles. The fraction of sp³-hybridized carbons (Fsp3) is 0.273. The molecule has 0 spiro atoms. The second-order valence-corrected chi connectivity index (χ2v) is 6.40. The number of aliphatic imine (C=N–C) groups is 1.